The van der Waals surface area contributed by atoms with Crippen LogP contribution >= 0.6 is 15.9 Å². The number of benzene rings is 1. The molecule has 1 aromatic carbocycles. The van der Waals surface area contributed by atoms with Crippen LogP contribution in [0, 0.1) is 23.0 Å². The number of halogens is 3. The van der Waals surface area contributed by atoms with Crippen molar-refractivity contribution in [1.29, 1.82) is 0 Å². The van der Waals surface area contributed by atoms with E-state index in [-0.39, 0.29) is 22.9 Å². The number of hydrogen-bond acceptors (Lipinski definition) is 1. The van der Waals surface area contributed by atoms with Crippen molar-refractivity contribution in [3.05, 3.63) is 33.8 Å². The molecule has 1 aromatic rings. The van der Waals surface area contributed by atoms with E-state index in [1.807, 2.05) is 6.92 Å². The minimum atomic E-state index is -0.470. The summed E-state index contributed by atoms with van der Waals surface area (Å²) in [7, 11) is 0. The van der Waals surface area contributed by atoms with E-state index in [2.05, 4.69) is 35.1 Å². The van der Waals surface area contributed by atoms with E-state index in [1.165, 1.54) is 18.6 Å². The lowest BCUT2D eigenvalue weighted by Crippen LogP contribution is -2.40. The van der Waals surface area contributed by atoms with Crippen molar-refractivity contribution in [3.63, 3.8) is 0 Å². The average Bonchev–Trinajstić information content (AvgIpc) is 2.42. The van der Waals surface area contributed by atoms with E-state index >= 15 is 0 Å². The normalized spacial score (nSPS) is 23.0. The van der Waals surface area contributed by atoms with Gasteiger partial charge in [0.15, 0.2) is 0 Å². The van der Waals surface area contributed by atoms with Crippen molar-refractivity contribution in [2.24, 2.45) is 11.3 Å². The van der Waals surface area contributed by atoms with Crippen LogP contribution in [-0.4, -0.2) is 6.54 Å². The van der Waals surface area contributed by atoms with Crippen molar-refractivity contribution in [2.45, 2.75) is 52.5 Å². The summed E-state index contributed by atoms with van der Waals surface area (Å²) in [6, 6.07) is 2.51. The number of rotatable bonds is 4. The van der Waals surface area contributed by atoms with Gasteiger partial charge in [-0.2, -0.15) is 0 Å². The molecule has 0 radical (unpaired) electrons. The fourth-order valence-electron chi connectivity index (χ4n) is 3.63. The molecule has 0 amide bonds. The quantitative estimate of drug-likeness (QED) is 0.690. The maximum Gasteiger partial charge on any atom is 0.145 e. The molecule has 1 aliphatic rings. The molecule has 2 atom stereocenters. The molecule has 21 heavy (non-hydrogen) atoms. The standard InChI is InChI=1S/C17H24BrF2N/c1-4-21-16(11-7-5-6-10-17(11,2)3)14-13(19)9-8-12(18)15(14)20/h8-9,11,16,21H,4-7,10H2,1-3H3. The van der Waals surface area contributed by atoms with Gasteiger partial charge in [-0.15, -0.1) is 0 Å². The van der Waals surface area contributed by atoms with Crippen LogP contribution < -0.4 is 5.32 Å². The summed E-state index contributed by atoms with van der Waals surface area (Å²) in [5.74, 6) is -0.685. The molecule has 1 N–H and O–H groups in total. The van der Waals surface area contributed by atoms with Crippen molar-refractivity contribution >= 4 is 15.9 Å². The van der Waals surface area contributed by atoms with Crippen molar-refractivity contribution < 1.29 is 8.78 Å². The molecule has 0 spiro atoms. The Labute approximate surface area is 134 Å². The van der Waals surface area contributed by atoms with Crippen LogP contribution in [0.5, 0.6) is 0 Å². The molecular weight excluding hydrogens is 336 g/mol. The van der Waals surface area contributed by atoms with Crippen LogP contribution in [0.4, 0.5) is 8.78 Å². The van der Waals surface area contributed by atoms with Gasteiger partial charge in [0.05, 0.1) is 4.47 Å². The first-order valence-corrected chi connectivity index (χ1v) is 8.54. The first-order valence-electron chi connectivity index (χ1n) is 7.75. The van der Waals surface area contributed by atoms with Gasteiger partial charge in [-0.25, -0.2) is 8.78 Å². The Balaban J connectivity index is 2.46. The van der Waals surface area contributed by atoms with Crippen LogP contribution in [-0.2, 0) is 0 Å². The minimum Gasteiger partial charge on any atom is -0.310 e. The van der Waals surface area contributed by atoms with Crippen LogP contribution in [0.1, 0.15) is 58.1 Å². The summed E-state index contributed by atoms with van der Waals surface area (Å²) < 4.78 is 29.2. The molecule has 0 heterocycles. The van der Waals surface area contributed by atoms with Crippen molar-refractivity contribution in [3.8, 4) is 0 Å². The zero-order valence-corrected chi connectivity index (χ0v) is 14.6. The van der Waals surface area contributed by atoms with Crippen LogP contribution in [0.2, 0.25) is 0 Å². The Morgan fingerprint density at radius 2 is 2.05 bits per heavy atom. The second kappa shape index (κ2) is 6.74. The Morgan fingerprint density at radius 1 is 1.33 bits per heavy atom. The van der Waals surface area contributed by atoms with E-state index in [9.17, 15) is 8.78 Å². The van der Waals surface area contributed by atoms with Gasteiger partial charge >= 0.3 is 0 Å². The molecule has 0 saturated heterocycles. The molecule has 0 aromatic heterocycles. The summed E-state index contributed by atoms with van der Waals surface area (Å²) in [4.78, 5) is 0. The second-order valence-corrected chi connectivity index (χ2v) is 7.49. The number of hydrogen-bond donors (Lipinski definition) is 1. The van der Waals surface area contributed by atoms with Gasteiger partial charge < -0.3 is 5.32 Å². The molecule has 0 aliphatic heterocycles. The summed E-state index contributed by atoms with van der Waals surface area (Å²) in [6.45, 7) is 7.11. The molecule has 1 fully saturated rings. The molecule has 118 valence electrons. The average molecular weight is 360 g/mol. The van der Waals surface area contributed by atoms with Gasteiger partial charge in [0.2, 0.25) is 0 Å². The van der Waals surface area contributed by atoms with E-state index in [0.717, 1.165) is 19.3 Å². The summed E-state index contributed by atoms with van der Waals surface area (Å²) in [5, 5.41) is 3.33. The van der Waals surface area contributed by atoms with E-state index < -0.39 is 11.6 Å². The molecule has 1 nitrogen and oxygen atoms in total. The van der Waals surface area contributed by atoms with Gasteiger partial charge in [-0.1, -0.05) is 33.6 Å². The fraction of sp³-hybridized carbons (Fsp3) is 0.647. The van der Waals surface area contributed by atoms with E-state index in [1.54, 1.807) is 0 Å². The Morgan fingerprint density at radius 3 is 2.67 bits per heavy atom. The topological polar surface area (TPSA) is 12.0 Å². The third-order valence-electron chi connectivity index (χ3n) is 4.81. The maximum atomic E-state index is 14.5. The Kier molecular flexibility index (Phi) is 5.42. The lowest BCUT2D eigenvalue weighted by Gasteiger charge is -2.43. The largest absolute Gasteiger partial charge is 0.310 e. The first-order chi connectivity index (χ1) is 9.88. The molecule has 2 rings (SSSR count). The predicted molar refractivity (Wildman–Crippen MR) is 86.2 cm³/mol. The zero-order valence-electron chi connectivity index (χ0n) is 13.0. The molecular formula is C17H24BrF2N. The van der Waals surface area contributed by atoms with Crippen LogP contribution in [0.15, 0.2) is 16.6 Å². The zero-order chi connectivity index (χ0) is 15.6. The molecule has 1 saturated carbocycles. The lowest BCUT2D eigenvalue weighted by atomic mass is 9.64. The molecule has 2 unspecified atom stereocenters. The van der Waals surface area contributed by atoms with Gasteiger partial charge in [-0.3, -0.25) is 0 Å². The summed E-state index contributed by atoms with van der Waals surface area (Å²) >= 11 is 3.18. The highest BCUT2D eigenvalue weighted by Gasteiger charge is 2.40. The summed E-state index contributed by atoms with van der Waals surface area (Å²) in [5.41, 5.74) is 0.276. The second-order valence-electron chi connectivity index (χ2n) is 6.63. The number of nitrogens with one attached hydrogen (secondary N) is 1. The third kappa shape index (κ3) is 3.48. The minimum absolute atomic E-state index is 0.0896. The molecule has 0 bridgehead atoms. The van der Waals surface area contributed by atoms with Gasteiger partial charge in [0.1, 0.15) is 11.6 Å². The van der Waals surface area contributed by atoms with Gasteiger partial charge in [0, 0.05) is 11.6 Å². The Bertz CT molecular complexity index is 502. The van der Waals surface area contributed by atoms with Crippen LogP contribution in [0.25, 0.3) is 0 Å². The van der Waals surface area contributed by atoms with Gasteiger partial charge in [0.25, 0.3) is 0 Å². The van der Waals surface area contributed by atoms with Crippen molar-refractivity contribution in [2.75, 3.05) is 6.54 Å². The molecule has 4 heteroatoms. The van der Waals surface area contributed by atoms with E-state index in [0.29, 0.717) is 11.0 Å². The summed E-state index contributed by atoms with van der Waals surface area (Å²) in [6.07, 6.45) is 4.45. The van der Waals surface area contributed by atoms with Gasteiger partial charge in [-0.05, 0) is 58.8 Å². The highest BCUT2D eigenvalue weighted by Crippen LogP contribution is 2.47. The van der Waals surface area contributed by atoms with E-state index in [4.69, 9.17) is 0 Å². The Hall–Kier alpha value is -0.480. The van der Waals surface area contributed by atoms with Crippen molar-refractivity contribution in [1.82, 2.24) is 5.32 Å². The molecule has 1 aliphatic carbocycles. The highest BCUT2D eigenvalue weighted by atomic mass is 79.9. The highest BCUT2D eigenvalue weighted by molar-refractivity contribution is 9.10. The SMILES string of the molecule is CCNC(c1c(F)ccc(Br)c1F)C1CCCCC1(C)C. The lowest BCUT2D eigenvalue weighted by molar-refractivity contribution is 0.0958. The maximum absolute atomic E-state index is 14.5. The first kappa shape index (κ1) is 16.9. The third-order valence-corrected chi connectivity index (χ3v) is 5.42. The van der Waals surface area contributed by atoms with Crippen LogP contribution in [0.3, 0.4) is 0 Å². The predicted octanol–water partition coefficient (Wildman–Crippen LogP) is 5.59. The smallest absolute Gasteiger partial charge is 0.145 e. The monoisotopic (exact) mass is 359 g/mol. The fourth-order valence-corrected chi connectivity index (χ4v) is 3.98.